The van der Waals surface area contributed by atoms with Gasteiger partial charge in [-0.1, -0.05) is 98.8 Å². The monoisotopic (exact) mass is 600 g/mol. The van der Waals surface area contributed by atoms with Gasteiger partial charge in [0, 0.05) is 33.2 Å². The zero-order valence-electron chi connectivity index (χ0n) is 26.4. The molecule has 0 amide bonds. The van der Waals surface area contributed by atoms with Gasteiger partial charge in [-0.15, -0.1) is 0 Å². The highest BCUT2D eigenvalue weighted by atomic mass is 15.0. The second-order valence-corrected chi connectivity index (χ2v) is 13.0. The van der Waals surface area contributed by atoms with E-state index in [9.17, 15) is 0 Å². The molecule has 1 aliphatic carbocycles. The average molecular weight is 601 g/mol. The normalized spacial score (nSPS) is 12.9. The third kappa shape index (κ3) is 4.43. The van der Waals surface area contributed by atoms with Gasteiger partial charge in [0.05, 0.1) is 11.0 Å². The highest BCUT2D eigenvalue weighted by Gasteiger charge is 2.35. The van der Waals surface area contributed by atoms with E-state index in [-0.39, 0.29) is 5.41 Å². The molecule has 47 heavy (non-hydrogen) atoms. The van der Waals surface area contributed by atoms with Crippen LogP contribution in [0.1, 0.15) is 25.0 Å². The Kier molecular flexibility index (Phi) is 6.10. The molecule has 1 aromatic heterocycles. The number of rotatable bonds is 5. The number of nitrogens with one attached hydrogen (secondary N) is 1. The van der Waals surface area contributed by atoms with E-state index < -0.39 is 0 Å². The Morgan fingerprint density at radius 1 is 0.511 bits per heavy atom. The van der Waals surface area contributed by atoms with Crippen molar-refractivity contribution in [2.75, 3.05) is 5.32 Å². The van der Waals surface area contributed by atoms with Crippen molar-refractivity contribution in [1.82, 2.24) is 4.57 Å². The summed E-state index contributed by atoms with van der Waals surface area (Å²) >= 11 is 0. The summed E-state index contributed by atoms with van der Waals surface area (Å²) < 4.78 is 2.36. The summed E-state index contributed by atoms with van der Waals surface area (Å²) in [6, 6.07) is 60.7. The van der Waals surface area contributed by atoms with E-state index in [4.69, 9.17) is 0 Å². The molecular weight excluding hydrogens is 569 g/mol. The summed E-state index contributed by atoms with van der Waals surface area (Å²) in [6.07, 6.45) is 0. The van der Waals surface area contributed by atoms with Crippen molar-refractivity contribution in [3.8, 4) is 39.1 Å². The third-order valence-corrected chi connectivity index (χ3v) is 9.86. The Labute approximate surface area is 275 Å². The van der Waals surface area contributed by atoms with Crippen LogP contribution in [-0.2, 0) is 5.41 Å². The molecule has 7 aromatic carbocycles. The Bertz CT molecular complexity index is 2430. The number of aromatic nitrogens is 1. The van der Waals surface area contributed by atoms with Gasteiger partial charge < -0.3 is 9.88 Å². The summed E-state index contributed by atoms with van der Waals surface area (Å²) in [5.74, 6) is 0. The summed E-state index contributed by atoms with van der Waals surface area (Å²) in [5.41, 5.74) is 15.8. The highest BCUT2D eigenvalue weighted by Crippen LogP contribution is 2.50. The second kappa shape index (κ2) is 10.5. The van der Waals surface area contributed by atoms with Crippen molar-refractivity contribution in [2.45, 2.75) is 19.3 Å². The smallest absolute Gasteiger partial charge is 0.0541 e. The summed E-state index contributed by atoms with van der Waals surface area (Å²) in [4.78, 5) is 0. The van der Waals surface area contributed by atoms with Gasteiger partial charge in [0.15, 0.2) is 0 Å². The highest BCUT2D eigenvalue weighted by molar-refractivity contribution is 6.10. The molecule has 9 rings (SSSR count). The van der Waals surface area contributed by atoms with Crippen molar-refractivity contribution < 1.29 is 0 Å². The van der Waals surface area contributed by atoms with Crippen LogP contribution in [0, 0.1) is 12.1 Å². The number of anilines is 2. The van der Waals surface area contributed by atoms with Crippen LogP contribution < -0.4 is 5.32 Å². The number of fused-ring (bicyclic) bond motifs is 6. The van der Waals surface area contributed by atoms with E-state index >= 15 is 0 Å². The molecule has 0 fully saturated rings. The third-order valence-electron chi connectivity index (χ3n) is 9.86. The maximum absolute atomic E-state index is 3.68. The van der Waals surface area contributed by atoms with Gasteiger partial charge in [-0.25, -0.2) is 0 Å². The first-order chi connectivity index (χ1) is 23.0. The van der Waals surface area contributed by atoms with Crippen LogP contribution in [-0.4, -0.2) is 4.57 Å². The number of hydrogen-bond donors (Lipinski definition) is 1. The first-order valence-corrected chi connectivity index (χ1v) is 16.2. The summed E-state index contributed by atoms with van der Waals surface area (Å²) in [5, 5.41) is 6.21. The van der Waals surface area contributed by atoms with Crippen LogP contribution in [0.2, 0.25) is 0 Å². The molecule has 0 bridgehead atoms. The molecule has 0 spiro atoms. The lowest BCUT2D eigenvalue weighted by Crippen LogP contribution is -2.15. The predicted molar refractivity (Wildman–Crippen MR) is 197 cm³/mol. The standard InChI is InChI=1S/C45H32N2/c1-45(2)41-28-33(30-11-5-3-6-12-30)19-24-37(41)38-25-23-35(29-42(38)45)46-34-21-17-31(18-22-34)32-20-26-44-40(27-32)39-15-9-10-16-43(39)47(44)36-13-7-4-8-14-36/h4-5,7-29,46H,1-2H3. The molecule has 0 saturated heterocycles. The van der Waals surface area contributed by atoms with Crippen LogP contribution in [0.25, 0.3) is 60.9 Å². The Balaban J connectivity index is 1.01. The number of benzene rings is 6. The first kappa shape index (κ1) is 27.3. The van der Waals surface area contributed by atoms with Crippen LogP contribution in [0.5, 0.6) is 0 Å². The van der Waals surface area contributed by atoms with E-state index in [0.717, 1.165) is 11.4 Å². The zero-order chi connectivity index (χ0) is 31.5. The van der Waals surface area contributed by atoms with E-state index in [1.165, 1.54) is 72.0 Å². The van der Waals surface area contributed by atoms with Crippen molar-refractivity contribution in [3.63, 3.8) is 0 Å². The van der Waals surface area contributed by atoms with Gasteiger partial charge in [-0.05, 0) is 123 Å². The van der Waals surface area contributed by atoms with E-state index in [1.807, 2.05) is 12.1 Å². The fourth-order valence-electron chi connectivity index (χ4n) is 7.44. The SMILES string of the molecule is CC1(C)c2cc(Nc3ccc(-c4ccc5c(c4)c4ccccc4n5-c4ccccc4)cc3)ccc2-c2ccc(-c3cc#ccc3)cc21. The largest absolute Gasteiger partial charge is 0.356 e. The summed E-state index contributed by atoms with van der Waals surface area (Å²) in [7, 11) is 0. The van der Waals surface area contributed by atoms with E-state index in [2.05, 4.69) is 175 Å². The first-order valence-electron chi connectivity index (χ1n) is 16.2. The molecule has 0 atom stereocenters. The Morgan fingerprint density at radius 2 is 1.17 bits per heavy atom. The molecule has 1 heterocycles. The molecule has 1 aliphatic rings. The van der Waals surface area contributed by atoms with Gasteiger partial charge >= 0.3 is 0 Å². The lowest BCUT2D eigenvalue weighted by atomic mass is 9.81. The van der Waals surface area contributed by atoms with Gasteiger partial charge in [0.2, 0.25) is 0 Å². The predicted octanol–water partition coefficient (Wildman–Crippen LogP) is 11.8. The minimum atomic E-state index is -0.102. The molecule has 222 valence electrons. The number of nitrogens with zero attached hydrogens (tertiary/aromatic N) is 1. The minimum Gasteiger partial charge on any atom is -0.356 e. The molecule has 2 heteroatoms. The molecule has 0 radical (unpaired) electrons. The molecule has 0 saturated carbocycles. The quantitative estimate of drug-likeness (QED) is 0.208. The number of hydrogen-bond acceptors (Lipinski definition) is 1. The molecule has 8 aromatic rings. The summed E-state index contributed by atoms with van der Waals surface area (Å²) in [6.45, 7) is 4.66. The topological polar surface area (TPSA) is 17.0 Å². The molecule has 0 unspecified atom stereocenters. The van der Waals surface area contributed by atoms with Crippen LogP contribution in [0.3, 0.4) is 0 Å². The minimum absolute atomic E-state index is 0.102. The van der Waals surface area contributed by atoms with Gasteiger partial charge in [-0.2, -0.15) is 0 Å². The fraction of sp³-hybridized carbons (Fsp3) is 0.0667. The van der Waals surface area contributed by atoms with Crippen molar-refractivity contribution in [1.29, 1.82) is 0 Å². The fourth-order valence-corrected chi connectivity index (χ4v) is 7.44. The molecule has 1 N–H and O–H groups in total. The second-order valence-electron chi connectivity index (χ2n) is 13.0. The van der Waals surface area contributed by atoms with E-state index in [0.29, 0.717) is 0 Å². The maximum Gasteiger partial charge on any atom is 0.0541 e. The molecular formula is C45H32N2. The van der Waals surface area contributed by atoms with Gasteiger partial charge in [-0.3, -0.25) is 0 Å². The lowest BCUT2D eigenvalue weighted by molar-refractivity contribution is 0.661. The lowest BCUT2D eigenvalue weighted by Gasteiger charge is -2.22. The van der Waals surface area contributed by atoms with Gasteiger partial charge in [0.25, 0.3) is 0 Å². The maximum atomic E-state index is 3.68. The molecule has 2 nitrogen and oxygen atoms in total. The van der Waals surface area contributed by atoms with Gasteiger partial charge in [0.1, 0.15) is 0 Å². The Morgan fingerprint density at radius 3 is 1.98 bits per heavy atom. The van der Waals surface area contributed by atoms with Crippen molar-refractivity contribution in [3.05, 3.63) is 175 Å². The average Bonchev–Trinajstić information content (AvgIpc) is 3.57. The van der Waals surface area contributed by atoms with Crippen LogP contribution >= 0.6 is 0 Å². The zero-order valence-corrected chi connectivity index (χ0v) is 26.4. The van der Waals surface area contributed by atoms with Crippen LogP contribution in [0.4, 0.5) is 11.4 Å². The van der Waals surface area contributed by atoms with Crippen molar-refractivity contribution >= 4 is 33.2 Å². The Hall–Kier alpha value is -6.04. The van der Waals surface area contributed by atoms with E-state index in [1.54, 1.807) is 0 Å². The van der Waals surface area contributed by atoms with Crippen LogP contribution in [0.15, 0.2) is 152 Å². The molecule has 0 aliphatic heterocycles. The van der Waals surface area contributed by atoms with Crippen molar-refractivity contribution in [2.24, 2.45) is 0 Å². The number of para-hydroxylation sites is 2.